The van der Waals surface area contributed by atoms with E-state index in [1.165, 1.54) is 12.3 Å². The lowest BCUT2D eigenvalue weighted by Gasteiger charge is -2.10. The van der Waals surface area contributed by atoms with Crippen LogP contribution in [0, 0.1) is 0 Å². The van der Waals surface area contributed by atoms with Crippen molar-refractivity contribution in [3.05, 3.63) is 46.6 Å². The lowest BCUT2D eigenvalue weighted by atomic mass is 10.2. The maximum Gasteiger partial charge on any atom is 0.337 e. The number of para-hydroxylation sites is 1. The van der Waals surface area contributed by atoms with Crippen LogP contribution in [0.2, 0.25) is 0 Å². The van der Waals surface area contributed by atoms with Gasteiger partial charge >= 0.3 is 5.97 Å². The Morgan fingerprint density at radius 1 is 1.39 bits per heavy atom. The van der Waals surface area contributed by atoms with Crippen molar-refractivity contribution in [2.45, 2.75) is 0 Å². The number of rotatable bonds is 3. The van der Waals surface area contributed by atoms with Crippen LogP contribution in [-0.4, -0.2) is 16.1 Å². The van der Waals surface area contributed by atoms with E-state index in [1.54, 1.807) is 24.3 Å². The minimum absolute atomic E-state index is 0.183. The first-order valence-electron chi connectivity index (χ1n) is 5.08. The number of benzene rings is 1. The van der Waals surface area contributed by atoms with Crippen LogP contribution in [0.25, 0.3) is 0 Å². The van der Waals surface area contributed by atoms with Gasteiger partial charge in [0.25, 0.3) is 0 Å². The zero-order valence-corrected chi connectivity index (χ0v) is 10.8. The number of carbonyl (C=O) groups is 1. The summed E-state index contributed by atoms with van der Waals surface area (Å²) in [5.74, 6) is -0.484. The average molecular weight is 308 g/mol. The van der Waals surface area contributed by atoms with Crippen molar-refractivity contribution < 1.29 is 9.90 Å². The molecule has 2 rings (SSSR count). The molecule has 92 valence electrons. The highest BCUT2D eigenvalue weighted by Gasteiger charge is 2.10. The van der Waals surface area contributed by atoms with Crippen molar-refractivity contribution >= 4 is 39.1 Å². The zero-order valence-electron chi connectivity index (χ0n) is 9.22. The Kier molecular flexibility index (Phi) is 3.47. The molecule has 0 aliphatic rings. The van der Waals surface area contributed by atoms with Gasteiger partial charge in [-0.1, -0.05) is 12.1 Å². The fourth-order valence-corrected chi connectivity index (χ4v) is 1.92. The number of aromatic carboxylic acids is 1. The first-order valence-corrected chi connectivity index (χ1v) is 5.87. The minimum Gasteiger partial charge on any atom is -0.478 e. The largest absolute Gasteiger partial charge is 0.478 e. The molecule has 1 heterocycles. The van der Waals surface area contributed by atoms with Gasteiger partial charge in [0.1, 0.15) is 5.82 Å². The molecule has 0 saturated carbocycles. The number of pyridine rings is 1. The molecule has 0 amide bonds. The van der Waals surface area contributed by atoms with Gasteiger partial charge in [0.15, 0.2) is 0 Å². The fourth-order valence-electron chi connectivity index (χ4n) is 1.45. The number of anilines is 3. The summed E-state index contributed by atoms with van der Waals surface area (Å²) in [6.45, 7) is 0. The number of hydrogen-bond donors (Lipinski definition) is 3. The summed E-state index contributed by atoms with van der Waals surface area (Å²) in [5, 5.41) is 12.0. The summed E-state index contributed by atoms with van der Waals surface area (Å²) in [5.41, 5.74) is 6.77. The lowest BCUT2D eigenvalue weighted by molar-refractivity contribution is 0.0698. The van der Waals surface area contributed by atoms with Gasteiger partial charge in [-0.3, -0.25) is 0 Å². The molecule has 18 heavy (non-hydrogen) atoms. The van der Waals surface area contributed by atoms with Crippen LogP contribution in [0.15, 0.2) is 41.0 Å². The highest BCUT2D eigenvalue weighted by molar-refractivity contribution is 9.10. The summed E-state index contributed by atoms with van der Waals surface area (Å²) >= 11 is 3.31. The molecule has 2 aromatic rings. The molecular formula is C12H10BrN3O2. The Hall–Kier alpha value is -2.08. The normalized spacial score (nSPS) is 10.1. The van der Waals surface area contributed by atoms with Gasteiger partial charge in [-0.15, -0.1) is 0 Å². The smallest absolute Gasteiger partial charge is 0.337 e. The standard InChI is InChI=1S/C12H10BrN3O2/c13-9-5-7(14)6-15-11(9)16-10-4-2-1-3-8(10)12(17)18/h1-6H,14H2,(H,15,16)(H,17,18). The maximum atomic E-state index is 11.1. The molecule has 0 aliphatic carbocycles. The van der Waals surface area contributed by atoms with Gasteiger partial charge in [0, 0.05) is 0 Å². The fraction of sp³-hybridized carbons (Fsp3) is 0. The van der Waals surface area contributed by atoms with E-state index in [2.05, 4.69) is 26.2 Å². The summed E-state index contributed by atoms with van der Waals surface area (Å²) < 4.78 is 0.669. The number of carboxylic acids is 1. The SMILES string of the molecule is Nc1cnc(Nc2ccccc2C(=O)O)c(Br)c1. The van der Waals surface area contributed by atoms with E-state index in [9.17, 15) is 4.79 Å². The predicted octanol–water partition coefficient (Wildman–Crippen LogP) is 2.87. The molecule has 0 bridgehead atoms. The van der Waals surface area contributed by atoms with Crippen LogP contribution in [-0.2, 0) is 0 Å². The Balaban J connectivity index is 2.37. The number of halogens is 1. The lowest BCUT2D eigenvalue weighted by Crippen LogP contribution is -2.04. The van der Waals surface area contributed by atoms with Crippen LogP contribution in [0.4, 0.5) is 17.2 Å². The molecule has 4 N–H and O–H groups in total. The molecule has 0 unspecified atom stereocenters. The predicted molar refractivity (Wildman–Crippen MR) is 73.0 cm³/mol. The molecule has 0 aliphatic heterocycles. The molecule has 0 atom stereocenters. The van der Waals surface area contributed by atoms with Crippen LogP contribution in [0.3, 0.4) is 0 Å². The molecule has 5 nitrogen and oxygen atoms in total. The Labute approximate surface area is 112 Å². The van der Waals surface area contributed by atoms with Crippen molar-refractivity contribution in [2.24, 2.45) is 0 Å². The van der Waals surface area contributed by atoms with Gasteiger partial charge in [-0.05, 0) is 34.1 Å². The highest BCUT2D eigenvalue weighted by Crippen LogP contribution is 2.26. The summed E-state index contributed by atoms with van der Waals surface area (Å²) in [7, 11) is 0. The second-order valence-corrected chi connectivity index (χ2v) is 4.43. The van der Waals surface area contributed by atoms with E-state index in [0.717, 1.165) is 0 Å². The molecule has 0 saturated heterocycles. The maximum absolute atomic E-state index is 11.1. The van der Waals surface area contributed by atoms with Crippen molar-refractivity contribution in [3.63, 3.8) is 0 Å². The highest BCUT2D eigenvalue weighted by atomic mass is 79.9. The van der Waals surface area contributed by atoms with E-state index in [4.69, 9.17) is 10.8 Å². The number of nitrogens with two attached hydrogens (primary N) is 1. The number of aromatic nitrogens is 1. The van der Waals surface area contributed by atoms with Gasteiger partial charge < -0.3 is 16.2 Å². The van der Waals surface area contributed by atoms with Crippen LogP contribution in [0.5, 0.6) is 0 Å². The van der Waals surface area contributed by atoms with Crippen LogP contribution in [0.1, 0.15) is 10.4 Å². The Morgan fingerprint density at radius 2 is 2.11 bits per heavy atom. The van der Waals surface area contributed by atoms with E-state index in [-0.39, 0.29) is 5.56 Å². The van der Waals surface area contributed by atoms with Crippen molar-refractivity contribution in [1.82, 2.24) is 4.98 Å². The van der Waals surface area contributed by atoms with Gasteiger partial charge in [0.05, 0.1) is 27.6 Å². The number of nitrogens with zero attached hydrogens (tertiary/aromatic N) is 1. The summed E-state index contributed by atoms with van der Waals surface area (Å²) in [4.78, 5) is 15.2. The molecule has 1 aromatic carbocycles. The number of carboxylic acid groups (broad SMARTS) is 1. The summed E-state index contributed by atoms with van der Waals surface area (Å²) in [6.07, 6.45) is 1.50. The van der Waals surface area contributed by atoms with E-state index in [1.807, 2.05) is 0 Å². The molecule has 6 heteroatoms. The van der Waals surface area contributed by atoms with Gasteiger partial charge in [-0.2, -0.15) is 0 Å². The summed E-state index contributed by atoms with van der Waals surface area (Å²) in [6, 6.07) is 8.31. The van der Waals surface area contributed by atoms with E-state index in [0.29, 0.717) is 21.7 Å². The topological polar surface area (TPSA) is 88.2 Å². The molecule has 0 spiro atoms. The third-order valence-corrected chi connectivity index (χ3v) is 2.88. The zero-order chi connectivity index (χ0) is 13.1. The third-order valence-electron chi connectivity index (χ3n) is 2.27. The van der Waals surface area contributed by atoms with Crippen molar-refractivity contribution in [2.75, 3.05) is 11.1 Å². The Bertz CT molecular complexity index is 602. The number of hydrogen-bond acceptors (Lipinski definition) is 4. The first kappa shape index (κ1) is 12.4. The van der Waals surface area contributed by atoms with Crippen molar-refractivity contribution in [3.8, 4) is 0 Å². The minimum atomic E-state index is -0.996. The number of nitrogens with one attached hydrogen (secondary N) is 1. The quantitative estimate of drug-likeness (QED) is 0.811. The second kappa shape index (κ2) is 5.05. The molecule has 0 fully saturated rings. The third kappa shape index (κ3) is 2.60. The van der Waals surface area contributed by atoms with Crippen molar-refractivity contribution in [1.29, 1.82) is 0 Å². The monoisotopic (exact) mass is 307 g/mol. The van der Waals surface area contributed by atoms with E-state index < -0.39 is 5.97 Å². The van der Waals surface area contributed by atoms with Gasteiger partial charge in [-0.25, -0.2) is 9.78 Å². The Morgan fingerprint density at radius 3 is 2.78 bits per heavy atom. The van der Waals surface area contributed by atoms with Crippen LogP contribution >= 0.6 is 15.9 Å². The molecule has 0 radical (unpaired) electrons. The first-order chi connectivity index (χ1) is 8.58. The van der Waals surface area contributed by atoms with Crippen LogP contribution < -0.4 is 11.1 Å². The molecular weight excluding hydrogens is 298 g/mol. The van der Waals surface area contributed by atoms with E-state index >= 15 is 0 Å². The van der Waals surface area contributed by atoms with Gasteiger partial charge in [0.2, 0.25) is 0 Å². The number of nitrogen functional groups attached to an aromatic ring is 1. The second-order valence-electron chi connectivity index (χ2n) is 3.57. The molecule has 1 aromatic heterocycles. The average Bonchev–Trinajstić information content (AvgIpc) is 2.33.